The maximum Gasteiger partial charge on any atom is 0.186 e. The molecule has 3 aliphatic rings. The molecule has 31 heavy (non-hydrogen) atoms. The molecule has 10 heteroatoms. The Hall–Kier alpha value is -2.05. The fourth-order valence-corrected chi connectivity index (χ4v) is 4.37. The van der Waals surface area contributed by atoms with E-state index in [2.05, 4.69) is 0 Å². The van der Waals surface area contributed by atoms with Gasteiger partial charge in [0.05, 0.1) is 36.6 Å². The number of allylic oxidation sites excluding steroid dienone is 1. The molecule has 1 aromatic rings. The van der Waals surface area contributed by atoms with Crippen molar-refractivity contribution in [2.24, 2.45) is 5.92 Å². The molecule has 0 bridgehead atoms. The monoisotopic (exact) mass is 438 g/mol. The lowest BCUT2D eigenvalue weighted by Crippen LogP contribution is -2.60. The first kappa shape index (κ1) is 22.2. The van der Waals surface area contributed by atoms with E-state index in [9.17, 15) is 35.4 Å². The molecule has 10 nitrogen and oxygen atoms in total. The Morgan fingerprint density at radius 2 is 1.71 bits per heavy atom. The third-order valence-electron chi connectivity index (χ3n) is 6.10. The summed E-state index contributed by atoms with van der Waals surface area (Å²) >= 11 is 0. The second-order valence-electron chi connectivity index (χ2n) is 8.14. The molecule has 0 aromatic heterocycles. The third kappa shape index (κ3) is 4.20. The van der Waals surface area contributed by atoms with Crippen LogP contribution in [0, 0.1) is 5.92 Å². The van der Waals surface area contributed by atoms with Gasteiger partial charge in [0.2, 0.25) is 0 Å². The number of hydrogen-bond acceptors (Lipinski definition) is 10. The Balaban J connectivity index is 1.46. The molecule has 2 aliphatic heterocycles. The molecule has 2 fully saturated rings. The molecule has 0 spiro atoms. The summed E-state index contributed by atoms with van der Waals surface area (Å²) in [6.45, 7) is -0.578. The molecule has 0 amide bonds. The number of benzene rings is 1. The van der Waals surface area contributed by atoms with Gasteiger partial charge in [-0.2, -0.15) is 0 Å². The lowest BCUT2D eigenvalue weighted by Gasteiger charge is -2.44. The first-order valence-corrected chi connectivity index (χ1v) is 10.1. The van der Waals surface area contributed by atoms with Crippen LogP contribution in [0.1, 0.15) is 18.4 Å². The number of hydrogen-bond donors (Lipinski definition) is 6. The van der Waals surface area contributed by atoms with Crippen LogP contribution in [0.25, 0.3) is 5.57 Å². The minimum Gasteiger partial charge on any atom is -0.508 e. The van der Waals surface area contributed by atoms with Crippen molar-refractivity contribution < 1.29 is 49.6 Å². The van der Waals surface area contributed by atoms with Gasteiger partial charge >= 0.3 is 0 Å². The van der Waals surface area contributed by atoms with Crippen molar-refractivity contribution >= 4 is 11.4 Å². The van der Waals surface area contributed by atoms with Crippen LogP contribution in [0.3, 0.4) is 0 Å². The second-order valence-corrected chi connectivity index (χ2v) is 8.14. The molecule has 4 rings (SSSR count). The van der Waals surface area contributed by atoms with Gasteiger partial charge in [0.25, 0.3) is 0 Å². The molecule has 1 saturated heterocycles. The van der Waals surface area contributed by atoms with Crippen molar-refractivity contribution in [1.29, 1.82) is 0 Å². The van der Waals surface area contributed by atoms with E-state index in [-0.39, 0.29) is 24.4 Å². The number of aliphatic hydroxyl groups is 5. The van der Waals surface area contributed by atoms with Crippen molar-refractivity contribution in [2.75, 3.05) is 6.61 Å². The van der Waals surface area contributed by atoms with E-state index in [1.54, 1.807) is 12.1 Å². The molecule has 1 aromatic carbocycles. The molecule has 9 unspecified atom stereocenters. The highest BCUT2D eigenvalue weighted by molar-refractivity contribution is 6.22. The fraction of sp³-hybridized carbons (Fsp3) is 0.571. The van der Waals surface area contributed by atoms with Crippen LogP contribution in [-0.4, -0.2) is 92.0 Å². The van der Waals surface area contributed by atoms with Gasteiger partial charge in [-0.15, -0.1) is 0 Å². The van der Waals surface area contributed by atoms with Crippen molar-refractivity contribution in [3.05, 3.63) is 36.1 Å². The number of ether oxygens (including phenoxy) is 3. The van der Waals surface area contributed by atoms with Gasteiger partial charge in [0, 0.05) is 12.8 Å². The van der Waals surface area contributed by atoms with E-state index in [1.807, 2.05) is 0 Å². The topological polar surface area (TPSA) is 166 Å². The number of phenolic OH excluding ortho intramolecular Hbond substituents is 1. The standard InChI is InChI=1S/C21H26O10/c22-7-15-18(26)19(27)20(28)21(31-15)30-11-5-13(24)16-14(6-11)29-8-12(17(16)25)9-1-3-10(23)4-2-9/h1-4,8,11,13-16,18-24,26-28H,5-7H2. The Morgan fingerprint density at radius 1 is 1.00 bits per heavy atom. The van der Waals surface area contributed by atoms with Gasteiger partial charge in [-0.3, -0.25) is 4.79 Å². The molecular weight excluding hydrogens is 412 g/mol. The Labute approximate surface area is 177 Å². The minimum absolute atomic E-state index is 0.0636. The number of aromatic hydroxyl groups is 1. The number of phenols is 1. The van der Waals surface area contributed by atoms with Gasteiger partial charge in [0.1, 0.15) is 36.3 Å². The van der Waals surface area contributed by atoms with Crippen LogP contribution in [-0.2, 0) is 19.0 Å². The molecule has 0 radical (unpaired) electrons. The molecule has 1 saturated carbocycles. The first-order chi connectivity index (χ1) is 14.8. The summed E-state index contributed by atoms with van der Waals surface area (Å²) in [6, 6.07) is 6.08. The van der Waals surface area contributed by atoms with E-state index in [0.717, 1.165) is 0 Å². The van der Waals surface area contributed by atoms with Gasteiger partial charge in [-0.25, -0.2) is 0 Å². The van der Waals surface area contributed by atoms with E-state index in [4.69, 9.17) is 14.2 Å². The van der Waals surface area contributed by atoms with Crippen molar-refractivity contribution in [2.45, 2.75) is 61.9 Å². The van der Waals surface area contributed by atoms with E-state index in [0.29, 0.717) is 11.1 Å². The second kappa shape index (κ2) is 8.83. The Kier molecular flexibility index (Phi) is 6.31. The number of Topliss-reactive ketones (excluding diaryl/α,β-unsaturated/α-hetero) is 1. The van der Waals surface area contributed by atoms with Gasteiger partial charge < -0.3 is 44.8 Å². The Bertz CT molecular complexity index is 822. The number of rotatable bonds is 4. The third-order valence-corrected chi connectivity index (χ3v) is 6.10. The summed E-state index contributed by atoms with van der Waals surface area (Å²) < 4.78 is 16.8. The van der Waals surface area contributed by atoms with Crippen molar-refractivity contribution in [3.8, 4) is 5.75 Å². The molecule has 1 aliphatic carbocycles. The molecule has 9 atom stereocenters. The molecule has 6 N–H and O–H groups in total. The van der Waals surface area contributed by atoms with E-state index in [1.165, 1.54) is 18.4 Å². The average molecular weight is 438 g/mol. The van der Waals surface area contributed by atoms with Crippen LogP contribution in [0.2, 0.25) is 0 Å². The Morgan fingerprint density at radius 3 is 2.39 bits per heavy atom. The smallest absolute Gasteiger partial charge is 0.186 e. The highest BCUT2D eigenvalue weighted by Gasteiger charge is 2.49. The van der Waals surface area contributed by atoms with Crippen LogP contribution >= 0.6 is 0 Å². The van der Waals surface area contributed by atoms with Crippen LogP contribution in [0.4, 0.5) is 0 Å². The average Bonchev–Trinajstić information content (AvgIpc) is 2.75. The van der Waals surface area contributed by atoms with Crippen molar-refractivity contribution in [1.82, 2.24) is 0 Å². The predicted molar refractivity (Wildman–Crippen MR) is 103 cm³/mol. The van der Waals surface area contributed by atoms with Crippen molar-refractivity contribution in [3.63, 3.8) is 0 Å². The maximum absolute atomic E-state index is 13.0. The summed E-state index contributed by atoms with van der Waals surface area (Å²) in [5, 5.41) is 59.3. The summed E-state index contributed by atoms with van der Waals surface area (Å²) in [5.41, 5.74) is 0.863. The lowest BCUT2D eigenvalue weighted by molar-refractivity contribution is -0.316. The van der Waals surface area contributed by atoms with Crippen LogP contribution in [0.5, 0.6) is 5.75 Å². The minimum atomic E-state index is -1.57. The fourth-order valence-electron chi connectivity index (χ4n) is 4.37. The number of aliphatic hydroxyl groups excluding tert-OH is 5. The maximum atomic E-state index is 13.0. The normalized spacial score (nSPS) is 40.6. The SMILES string of the molecule is O=C1C(c2ccc(O)cc2)=COC2CC(OC3OC(CO)C(O)C(O)C3O)CC(O)C12. The zero-order valence-corrected chi connectivity index (χ0v) is 16.5. The highest BCUT2D eigenvalue weighted by Crippen LogP contribution is 2.38. The number of carbonyl (C=O) groups excluding carboxylic acids is 1. The summed E-state index contributed by atoms with van der Waals surface area (Å²) in [6.07, 6.45) is -7.83. The zero-order valence-electron chi connectivity index (χ0n) is 16.5. The highest BCUT2D eigenvalue weighted by atomic mass is 16.7. The molecule has 170 valence electrons. The summed E-state index contributed by atoms with van der Waals surface area (Å²) in [7, 11) is 0. The zero-order chi connectivity index (χ0) is 22.3. The van der Waals surface area contributed by atoms with Gasteiger partial charge in [-0.1, -0.05) is 12.1 Å². The number of fused-ring (bicyclic) bond motifs is 1. The number of carbonyl (C=O) groups is 1. The molecule has 2 heterocycles. The van der Waals surface area contributed by atoms with Crippen LogP contribution in [0.15, 0.2) is 30.5 Å². The van der Waals surface area contributed by atoms with E-state index < -0.39 is 61.5 Å². The van der Waals surface area contributed by atoms with Crippen LogP contribution < -0.4 is 0 Å². The first-order valence-electron chi connectivity index (χ1n) is 10.1. The largest absolute Gasteiger partial charge is 0.508 e. The van der Waals surface area contributed by atoms with Gasteiger partial charge in [0.15, 0.2) is 12.1 Å². The van der Waals surface area contributed by atoms with E-state index >= 15 is 0 Å². The summed E-state index contributed by atoms with van der Waals surface area (Å²) in [5.74, 6) is -1.01. The predicted octanol–water partition coefficient (Wildman–Crippen LogP) is -1.34. The lowest BCUT2D eigenvalue weighted by atomic mass is 9.76. The molecular formula is C21H26O10. The summed E-state index contributed by atoms with van der Waals surface area (Å²) in [4.78, 5) is 13.0. The van der Waals surface area contributed by atoms with Gasteiger partial charge in [-0.05, 0) is 17.7 Å². The quantitative estimate of drug-likeness (QED) is 0.331. The number of ketones is 1.